The number of pyridine rings is 2. The van der Waals surface area contributed by atoms with Crippen molar-refractivity contribution in [2.24, 2.45) is 0 Å². The first kappa shape index (κ1) is 21.3. The van der Waals surface area contributed by atoms with Gasteiger partial charge in [-0.05, 0) is 70.8 Å². The Hall–Kier alpha value is -4.80. The second-order valence-corrected chi connectivity index (χ2v) is 10.6. The molecule has 4 heterocycles. The van der Waals surface area contributed by atoms with Gasteiger partial charge in [-0.15, -0.1) is 11.3 Å². The minimum Gasteiger partial charge on any atom is -0.308 e. The molecular formula is C34H21N3S. The average molecular weight is 504 g/mol. The molecule has 4 aromatic carbocycles. The van der Waals surface area contributed by atoms with Gasteiger partial charge in [-0.2, -0.15) is 0 Å². The van der Waals surface area contributed by atoms with E-state index in [1.807, 2.05) is 48.1 Å². The number of thiophene rings is 1. The number of benzene rings is 4. The highest BCUT2D eigenvalue weighted by Gasteiger charge is 2.17. The Bertz CT molecular complexity index is 2110. The Labute approximate surface area is 223 Å². The van der Waals surface area contributed by atoms with Crippen LogP contribution in [0.1, 0.15) is 0 Å². The Morgan fingerprint density at radius 1 is 0.553 bits per heavy atom. The first-order valence-electron chi connectivity index (χ1n) is 12.7. The van der Waals surface area contributed by atoms with E-state index in [0.717, 1.165) is 22.3 Å². The molecule has 0 unspecified atom stereocenters. The number of hydrogen-bond donors (Lipinski definition) is 0. The summed E-state index contributed by atoms with van der Waals surface area (Å²) in [7, 11) is 0. The third-order valence-electron chi connectivity index (χ3n) is 7.36. The lowest BCUT2D eigenvalue weighted by molar-refractivity contribution is 1.18. The van der Waals surface area contributed by atoms with Gasteiger partial charge in [0.05, 0.1) is 16.6 Å². The van der Waals surface area contributed by atoms with E-state index >= 15 is 0 Å². The van der Waals surface area contributed by atoms with Crippen LogP contribution in [-0.4, -0.2) is 14.5 Å². The summed E-state index contributed by atoms with van der Waals surface area (Å²) in [5.41, 5.74) is 9.32. The molecule has 0 atom stereocenters. The fourth-order valence-corrected chi connectivity index (χ4v) is 6.85. The molecule has 3 nitrogen and oxygen atoms in total. The minimum absolute atomic E-state index is 1.03. The average Bonchev–Trinajstić information content (AvgIpc) is 3.52. The third kappa shape index (κ3) is 3.21. The topological polar surface area (TPSA) is 30.7 Å². The van der Waals surface area contributed by atoms with Crippen LogP contribution >= 0.6 is 11.3 Å². The zero-order valence-corrected chi connectivity index (χ0v) is 21.2. The number of aromatic nitrogens is 3. The van der Waals surface area contributed by atoms with Crippen molar-refractivity contribution in [1.82, 2.24) is 14.5 Å². The van der Waals surface area contributed by atoms with Crippen LogP contribution in [0, 0.1) is 0 Å². The second-order valence-electron chi connectivity index (χ2n) is 9.51. The van der Waals surface area contributed by atoms with Crippen LogP contribution in [0.4, 0.5) is 0 Å². The first-order valence-corrected chi connectivity index (χ1v) is 13.5. The molecule has 178 valence electrons. The van der Waals surface area contributed by atoms with E-state index < -0.39 is 0 Å². The van der Waals surface area contributed by atoms with Gasteiger partial charge in [-0.1, -0.05) is 60.7 Å². The molecule has 0 bridgehead atoms. The predicted octanol–water partition coefficient (Wildman–Crippen LogP) is 9.28. The third-order valence-corrected chi connectivity index (χ3v) is 8.56. The van der Waals surface area contributed by atoms with Crippen LogP contribution in [0.5, 0.6) is 0 Å². The summed E-state index contributed by atoms with van der Waals surface area (Å²) in [6.45, 7) is 0. The largest absolute Gasteiger partial charge is 0.308 e. The molecule has 0 saturated carbocycles. The maximum absolute atomic E-state index is 4.83. The van der Waals surface area contributed by atoms with E-state index in [1.54, 1.807) is 0 Å². The van der Waals surface area contributed by atoms with Gasteiger partial charge in [0.25, 0.3) is 0 Å². The van der Waals surface area contributed by atoms with Crippen molar-refractivity contribution in [3.8, 4) is 27.9 Å². The van der Waals surface area contributed by atoms with E-state index in [4.69, 9.17) is 4.98 Å². The highest BCUT2D eigenvalue weighted by molar-refractivity contribution is 7.26. The Morgan fingerprint density at radius 2 is 1.37 bits per heavy atom. The standard InChI is InChI=1S/C34H21N3S/c1-2-6-24(7-3-1)26-8-4-9-27-28-20-29-31(21-32(28)38-34(26)27)37(30-10-5-17-36-33(29)30)25-13-11-22(12-14-25)23-15-18-35-19-16-23/h1-21H. The SMILES string of the molecule is c1ccc(-c2cccc3c2sc2cc4c(cc23)c2ncccc2n4-c2ccc(-c3ccncc3)cc2)cc1. The summed E-state index contributed by atoms with van der Waals surface area (Å²) in [6, 6.07) is 39.0. The van der Waals surface area contributed by atoms with Gasteiger partial charge in [-0.3, -0.25) is 9.97 Å². The van der Waals surface area contributed by atoms with Gasteiger partial charge >= 0.3 is 0 Å². The quantitative estimate of drug-likeness (QED) is 0.240. The zero-order valence-electron chi connectivity index (χ0n) is 20.4. The van der Waals surface area contributed by atoms with Crippen LogP contribution in [-0.2, 0) is 0 Å². The summed E-state index contributed by atoms with van der Waals surface area (Å²) in [4.78, 5) is 8.98. The Morgan fingerprint density at radius 3 is 2.21 bits per heavy atom. The highest BCUT2D eigenvalue weighted by atomic mass is 32.1. The second kappa shape index (κ2) is 8.37. The molecule has 0 saturated heterocycles. The summed E-state index contributed by atoms with van der Waals surface area (Å²) >= 11 is 1.87. The van der Waals surface area contributed by atoms with Crippen molar-refractivity contribution in [1.29, 1.82) is 0 Å². The minimum atomic E-state index is 1.03. The number of nitrogens with zero attached hydrogens (tertiary/aromatic N) is 3. The summed E-state index contributed by atoms with van der Waals surface area (Å²) < 4.78 is 4.95. The van der Waals surface area contributed by atoms with Crippen molar-refractivity contribution < 1.29 is 0 Å². The van der Waals surface area contributed by atoms with Gasteiger partial charge in [0.15, 0.2) is 0 Å². The molecule has 4 aromatic heterocycles. The Balaban J connectivity index is 1.38. The van der Waals surface area contributed by atoms with E-state index in [-0.39, 0.29) is 0 Å². The van der Waals surface area contributed by atoms with Crippen LogP contribution < -0.4 is 0 Å². The number of rotatable bonds is 3. The normalized spacial score (nSPS) is 11.7. The molecule has 0 aliphatic heterocycles. The van der Waals surface area contributed by atoms with E-state index in [2.05, 4.69) is 101 Å². The molecule has 0 N–H and O–H groups in total. The maximum Gasteiger partial charge on any atom is 0.0963 e. The van der Waals surface area contributed by atoms with Gasteiger partial charge in [0, 0.05) is 49.8 Å². The lowest BCUT2D eigenvalue weighted by Crippen LogP contribution is -1.93. The van der Waals surface area contributed by atoms with Crippen molar-refractivity contribution in [3.05, 3.63) is 128 Å². The fourth-order valence-electron chi connectivity index (χ4n) is 5.59. The molecule has 4 heteroatoms. The van der Waals surface area contributed by atoms with Gasteiger partial charge in [-0.25, -0.2) is 0 Å². The Kier molecular flexibility index (Phi) is 4.69. The molecule has 8 aromatic rings. The predicted molar refractivity (Wildman–Crippen MR) is 160 cm³/mol. The number of fused-ring (bicyclic) bond motifs is 6. The monoisotopic (exact) mass is 503 g/mol. The molecule has 0 spiro atoms. The molecule has 38 heavy (non-hydrogen) atoms. The van der Waals surface area contributed by atoms with Crippen LogP contribution in [0.15, 0.2) is 128 Å². The van der Waals surface area contributed by atoms with Gasteiger partial charge in [0.2, 0.25) is 0 Å². The first-order chi connectivity index (χ1) is 18.8. The van der Waals surface area contributed by atoms with Crippen molar-refractivity contribution in [2.75, 3.05) is 0 Å². The molecule has 0 radical (unpaired) electrons. The van der Waals surface area contributed by atoms with Crippen LogP contribution in [0.25, 0.3) is 70.0 Å². The molecule has 0 fully saturated rings. The zero-order chi connectivity index (χ0) is 25.1. The lowest BCUT2D eigenvalue weighted by atomic mass is 10.0. The fraction of sp³-hybridized carbons (Fsp3) is 0. The molecule has 8 rings (SSSR count). The molecular weight excluding hydrogens is 482 g/mol. The molecule has 0 aliphatic carbocycles. The van der Waals surface area contributed by atoms with E-state index in [9.17, 15) is 0 Å². The molecule has 0 amide bonds. The summed E-state index contributed by atoms with van der Waals surface area (Å²) in [5.74, 6) is 0. The summed E-state index contributed by atoms with van der Waals surface area (Å²) in [5, 5.41) is 3.76. The summed E-state index contributed by atoms with van der Waals surface area (Å²) in [6.07, 6.45) is 5.56. The van der Waals surface area contributed by atoms with E-state index in [0.29, 0.717) is 0 Å². The molecule has 0 aliphatic rings. The smallest absolute Gasteiger partial charge is 0.0963 e. The maximum atomic E-state index is 4.83. The lowest BCUT2D eigenvalue weighted by Gasteiger charge is -2.09. The van der Waals surface area contributed by atoms with Crippen molar-refractivity contribution in [3.63, 3.8) is 0 Å². The van der Waals surface area contributed by atoms with Gasteiger partial charge in [0.1, 0.15) is 0 Å². The van der Waals surface area contributed by atoms with Crippen molar-refractivity contribution >= 4 is 53.4 Å². The van der Waals surface area contributed by atoms with Crippen LogP contribution in [0.3, 0.4) is 0 Å². The van der Waals surface area contributed by atoms with Crippen molar-refractivity contribution in [2.45, 2.75) is 0 Å². The van der Waals surface area contributed by atoms with Crippen LogP contribution in [0.2, 0.25) is 0 Å². The highest BCUT2D eigenvalue weighted by Crippen LogP contribution is 2.43. The number of hydrogen-bond acceptors (Lipinski definition) is 3. The van der Waals surface area contributed by atoms with E-state index in [1.165, 1.54) is 47.8 Å². The van der Waals surface area contributed by atoms with Gasteiger partial charge < -0.3 is 4.57 Å².